The fraction of sp³-hybridized carbons (Fsp3) is 0.0894. The van der Waals surface area contributed by atoms with E-state index in [1.165, 1.54) is 150 Å². The molecule has 0 aromatic heterocycles. The van der Waals surface area contributed by atoms with Crippen LogP contribution in [0.25, 0.3) is 66.4 Å². The Morgan fingerprint density at radius 2 is 0.481 bits per heavy atom. The molecule has 6 heteroatoms. The number of fused-ring (bicyclic) bond motifs is 17. The van der Waals surface area contributed by atoms with E-state index < -0.39 is 10.8 Å². The van der Waals surface area contributed by atoms with Gasteiger partial charge in [-0.25, -0.2) is 0 Å². The Bertz CT molecular complexity index is 7320. The summed E-state index contributed by atoms with van der Waals surface area (Å²) >= 11 is 19.8. The number of halogens is 3. The van der Waals surface area contributed by atoms with Crippen molar-refractivity contribution in [1.29, 1.82) is 0 Å². The minimum Gasteiger partial charge on any atom is -0.310 e. The number of hydrogen-bond acceptors (Lipinski definition) is 3. The average Bonchev–Trinajstić information content (AvgIpc) is 1.51. The van der Waals surface area contributed by atoms with Gasteiger partial charge >= 0.3 is 0 Å². The van der Waals surface area contributed by atoms with Crippen molar-refractivity contribution >= 4 is 96.8 Å². The predicted molar refractivity (Wildman–Crippen MR) is 543 cm³/mol. The molecule has 0 fully saturated rings. The molecule has 5 aliphatic rings. The van der Waals surface area contributed by atoms with Gasteiger partial charge in [-0.3, -0.25) is 0 Å². The van der Waals surface area contributed by atoms with E-state index in [1.807, 2.05) is 48.5 Å². The molecule has 0 spiro atoms. The van der Waals surface area contributed by atoms with Gasteiger partial charge in [-0.15, -0.1) is 0 Å². The Morgan fingerprint density at radius 3 is 0.969 bits per heavy atom. The molecule has 5 aliphatic carbocycles. The van der Waals surface area contributed by atoms with Crippen molar-refractivity contribution in [2.24, 2.45) is 0 Å². The van der Waals surface area contributed by atoms with Crippen LogP contribution in [0.3, 0.4) is 0 Å². The van der Waals surface area contributed by atoms with Gasteiger partial charge in [0.2, 0.25) is 0 Å². The van der Waals surface area contributed by atoms with E-state index in [0.717, 1.165) is 55.5 Å². The van der Waals surface area contributed by atoms with Gasteiger partial charge in [-0.1, -0.05) is 404 Å². The standard InChI is InChI=1S/C56H38ClN.C40H32ClN.C27H22ClN/c57-43-26-17-27-44(36-43)58(45-32-34-49-47-28-13-15-30-51(47)55(53(49)37-45,39-18-5-1-6-19-39)40-20-7-2-8-21-40)46-33-35-50-48-29-14-16-31-52(48)56(54(50)38-46,41-22-9-3-10-23-41)42-24-11-4-12-25-42;1-39(2)34-17-8-7-15-30(34)32-16-10-18-36(38(32)39)42(27-13-9-12-26(41)23-27)28-20-22-31-33-21-19-25-11-5-6-14-29(25)37(33)40(3,4)35(31)24-28;1-27(2)25-14-7-6-13-23(25)24-18-22(15-16-26(24)27)29(20-10-4-3-5-11-20)21-12-8-9-19(28)17-21/h1-38H;5-24H,1-4H3;3-18H,1-2H3. The zero-order valence-corrected chi connectivity index (χ0v) is 75.0. The van der Waals surface area contributed by atoms with Crippen molar-refractivity contribution in [2.45, 2.75) is 68.6 Å². The third-order valence-corrected chi connectivity index (χ3v) is 28.7. The SMILES string of the molecule is CC1(C)c2ccccc2-c2cc(N(c3ccccc3)c3cccc(Cl)c3)ccc21.CC1(C)c2ccccc2-c2cccc(N(c3cccc(Cl)c3)c3ccc4c(c3)C(C)(C)c3c-4ccc4ccccc34)c21.Clc1cccc(N(c2ccc3c(c2)C(c2ccccc2)(c2ccccc2)c2ccccc2-3)c2ccc3c(c2)C(c2ccccc2)(c2ccccc2)c2ccccc2-3)c1. The highest BCUT2D eigenvalue weighted by Gasteiger charge is 2.50. The fourth-order valence-corrected chi connectivity index (χ4v) is 23.0. The van der Waals surface area contributed by atoms with Crippen molar-refractivity contribution < 1.29 is 0 Å². The smallest absolute Gasteiger partial charge is 0.0714 e. The van der Waals surface area contributed by atoms with E-state index in [9.17, 15) is 0 Å². The fourth-order valence-electron chi connectivity index (χ4n) is 22.5. The molecule has 24 rings (SSSR count). The quantitative estimate of drug-likeness (QED) is 0.114. The Kier molecular flexibility index (Phi) is 19.9. The van der Waals surface area contributed by atoms with Crippen LogP contribution in [-0.4, -0.2) is 0 Å². The molecule has 3 nitrogen and oxygen atoms in total. The van der Waals surface area contributed by atoms with Gasteiger partial charge in [-0.05, 0) is 266 Å². The lowest BCUT2D eigenvalue weighted by Crippen LogP contribution is -2.29. The van der Waals surface area contributed by atoms with E-state index in [1.54, 1.807) is 0 Å². The van der Waals surface area contributed by atoms with Crippen LogP contribution in [0.5, 0.6) is 0 Å². The zero-order chi connectivity index (χ0) is 87.5. The topological polar surface area (TPSA) is 9.72 Å². The average molecular weight is 1720 g/mol. The molecule has 0 heterocycles. The lowest BCUT2D eigenvalue weighted by Gasteiger charge is -2.36. The van der Waals surface area contributed by atoms with Gasteiger partial charge in [0.05, 0.1) is 16.5 Å². The van der Waals surface area contributed by atoms with Crippen LogP contribution in [0.15, 0.2) is 449 Å². The lowest BCUT2D eigenvalue weighted by atomic mass is 9.67. The summed E-state index contributed by atoms with van der Waals surface area (Å²) in [5.41, 5.74) is 39.7. The Balaban J connectivity index is 0.000000121. The summed E-state index contributed by atoms with van der Waals surface area (Å²) in [7, 11) is 0. The summed E-state index contributed by atoms with van der Waals surface area (Å²) in [6, 6.07) is 162. The lowest BCUT2D eigenvalue weighted by molar-refractivity contribution is 0.660. The van der Waals surface area contributed by atoms with Gasteiger partial charge in [0.15, 0.2) is 0 Å². The first-order valence-electron chi connectivity index (χ1n) is 44.6. The maximum Gasteiger partial charge on any atom is 0.0714 e. The van der Waals surface area contributed by atoms with Crippen LogP contribution in [0.2, 0.25) is 15.1 Å². The van der Waals surface area contributed by atoms with Crippen molar-refractivity contribution in [1.82, 2.24) is 0 Å². The van der Waals surface area contributed by atoms with E-state index in [4.69, 9.17) is 34.8 Å². The van der Waals surface area contributed by atoms with E-state index in [0.29, 0.717) is 5.02 Å². The largest absolute Gasteiger partial charge is 0.310 e. The summed E-state index contributed by atoms with van der Waals surface area (Å²) in [4.78, 5) is 7.07. The van der Waals surface area contributed by atoms with Crippen molar-refractivity contribution in [3.63, 3.8) is 0 Å². The Morgan fingerprint density at radius 1 is 0.178 bits per heavy atom. The van der Waals surface area contributed by atoms with E-state index >= 15 is 0 Å². The van der Waals surface area contributed by atoms with Gasteiger partial charge < -0.3 is 14.7 Å². The molecule has 0 unspecified atom stereocenters. The number of anilines is 9. The van der Waals surface area contributed by atoms with E-state index in [-0.39, 0.29) is 16.2 Å². The Labute approximate surface area is 771 Å². The molecule has 0 saturated carbocycles. The molecule has 0 radical (unpaired) electrons. The van der Waals surface area contributed by atoms with Crippen molar-refractivity contribution in [2.75, 3.05) is 14.7 Å². The molecular formula is C123H92Cl3N3. The minimum atomic E-state index is -0.528. The van der Waals surface area contributed by atoms with Gasteiger partial charge in [-0.2, -0.15) is 0 Å². The third-order valence-electron chi connectivity index (χ3n) is 28.0. The molecule has 0 bridgehead atoms. The number of rotatable bonds is 13. The second-order valence-electron chi connectivity index (χ2n) is 36.1. The molecule has 0 saturated heterocycles. The molecule has 0 atom stereocenters. The van der Waals surface area contributed by atoms with Crippen LogP contribution >= 0.6 is 34.8 Å². The molecule has 19 aromatic rings. The second-order valence-corrected chi connectivity index (χ2v) is 37.4. The number of hydrogen-bond donors (Lipinski definition) is 0. The number of benzene rings is 19. The van der Waals surface area contributed by atoms with Crippen LogP contribution < -0.4 is 14.7 Å². The molecule has 129 heavy (non-hydrogen) atoms. The van der Waals surface area contributed by atoms with Crippen molar-refractivity contribution in [3.8, 4) is 55.6 Å². The van der Waals surface area contributed by atoms with Gasteiger partial charge in [0, 0.05) is 76.8 Å². The molecule has 19 aromatic carbocycles. The monoisotopic (exact) mass is 1720 g/mol. The summed E-state index contributed by atoms with van der Waals surface area (Å²) in [6.07, 6.45) is 0. The highest BCUT2D eigenvalue weighted by Crippen LogP contribution is 2.63. The van der Waals surface area contributed by atoms with Crippen LogP contribution in [0, 0.1) is 0 Å². The van der Waals surface area contributed by atoms with Gasteiger partial charge in [0.25, 0.3) is 0 Å². The van der Waals surface area contributed by atoms with Crippen LogP contribution in [-0.2, 0) is 27.1 Å². The van der Waals surface area contributed by atoms with Crippen LogP contribution in [0.4, 0.5) is 51.2 Å². The maximum atomic E-state index is 6.86. The van der Waals surface area contributed by atoms with Crippen LogP contribution in [0.1, 0.15) is 119 Å². The molecule has 0 aliphatic heterocycles. The molecule has 0 N–H and O–H groups in total. The summed E-state index contributed by atoms with van der Waals surface area (Å²) < 4.78 is 0. The molecule has 620 valence electrons. The summed E-state index contributed by atoms with van der Waals surface area (Å²) in [5.74, 6) is 0. The first kappa shape index (κ1) is 80.5. The number of nitrogens with zero attached hydrogens (tertiary/aromatic N) is 3. The number of para-hydroxylation sites is 1. The summed E-state index contributed by atoms with van der Waals surface area (Å²) in [5, 5.41) is 4.78. The van der Waals surface area contributed by atoms with Crippen molar-refractivity contribution in [3.05, 3.63) is 542 Å². The maximum absolute atomic E-state index is 6.86. The van der Waals surface area contributed by atoms with Gasteiger partial charge in [0.1, 0.15) is 0 Å². The first-order chi connectivity index (χ1) is 63.0. The Hall–Kier alpha value is -14.3. The zero-order valence-electron chi connectivity index (χ0n) is 72.7. The first-order valence-corrected chi connectivity index (χ1v) is 45.7. The molecular weight excluding hydrogens is 1630 g/mol. The van der Waals surface area contributed by atoms with E-state index in [2.05, 4.69) is 457 Å². The summed E-state index contributed by atoms with van der Waals surface area (Å²) in [6.45, 7) is 14.1. The predicted octanol–water partition coefficient (Wildman–Crippen LogP) is 34.2. The highest BCUT2D eigenvalue weighted by molar-refractivity contribution is 6.31. The minimum absolute atomic E-state index is 0.0120. The molecule has 0 amide bonds. The second kappa shape index (κ2) is 31.9. The normalized spacial score (nSPS) is 14.2. The third kappa shape index (κ3) is 13.1. The highest BCUT2D eigenvalue weighted by atomic mass is 35.5.